The number of fused-ring (bicyclic) bond motifs is 1. The molecular formula is C16H12BrNO3. The fourth-order valence-corrected chi connectivity index (χ4v) is 2.74. The van der Waals surface area contributed by atoms with Crippen molar-refractivity contribution in [2.24, 2.45) is 0 Å². The smallest absolute Gasteiger partial charge is 0.263 e. The van der Waals surface area contributed by atoms with Crippen molar-refractivity contribution < 1.29 is 9.84 Å². The van der Waals surface area contributed by atoms with Crippen LogP contribution >= 0.6 is 15.9 Å². The number of rotatable bonds is 2. The number of aromatic nitrogens is 1. The van der Waals surface area contributed by atoms with Crippen LogP contribution in [-0.2, 0) is 0 Å². The molecule has 4 nitrogen and oxygen atoms in total. The van der Waals surface area contributed by atoms with Crippen LogP contribution in [0.15, 0.2) is 57.9 Å². The van der Waals surface area contributed by atoms with E-state index in [4.69, 9.17) is 4.74 Å². The van der Waals surface area contributed by atoms with Gasteiger partial charge in [-0.1, -0.05) is 0 Å². The third-order valence-corrected chi connectivity index (χ3v) is 3.94. The molecule has 3 aromatic rings. The third kappa shape index (κ3) is 2.40. The van der Waals surface area contributed by atoms with Gasteiger partial charge in [0.05, 0.1) is 7.11 Å². The lowest BCUT2D eigenvalue weighted by Crippen LogP contribution is -2.18. The lowest BCUT2D eigenvalue weighted by Gasteiger charge is -2.10. The zero-order chi connectivity index (χ0) is 15.0. The molecule has 1 heterocycles. The molecule has 1 N–H and O–H groups in total. The Kier molecular flexibility index (Phi) is 3.43. The number of benzene rings is 2. The molecule has 21 heavy (non-hydrogen) atoms. The van der Waals surface area contributed by atoms with Crippen LogP contribution in [0.1, 0.15) is 0 Å². The van der Waals surface area contributed by atoms with Gasteiger partial charge in [0.25, 0.3) is 5.56 Å². The SMILES string of the molecule is COc1ccc2c(=O)n(-c3ccc(O)cc3)cc(Br)c2c1. The second-order valence-electron chi connectivity index (χ2n) is 4.58. The second-order valence-corrected chi connectivity index (χ2v) is 5.43. The van der Waals surface area contributed by atoms with Crippen LogP contribution in [0.2, 0.25) is 0 Å². The summed E-state index contributed by atoms with van der Waals surface area (Å²) >= 11 is 3.49. The van der Waals surface area contributed by atoms with Gasteiger partial charge in [0, 0.05) is 27.1 Å². The highest BCUT2D eigenvalue weighted by Crippen LogP contribution is 2.26. The van der Waals surface area contributed by atoms with E-state index in [-0.39, 0.29) is 11.3 Å². The topological polar surface area (TPSA) is 51.5 Å². The molecule has 0 atom stereocenters. The molecule has 0 fully saturated rings. The molecule has 0 spiro atoms. The molecule has 0 aliphatic heterocycles. The number of nitrogens with zero attached hydrogens (tertiary/aromatic N) is 1. The van der Waals surface area contributed by atoms with Gasteiger partial charge in [-0.3, -0.25) is 9.36 Å². The molecule has 2 aromatic carbocycles. The lowest BCUT2D eigenvalue weighted by atomic mass is 10.1. The van der Waals surface area contributed by atoms with Gasteiger partial charge in [0.1, 0.15) is 11.5 Å². The van der Waals surface area contributed by atoms with E-state index in [2.05, 4.69) is 15.9 Å². The Bertz CT molecular complexity index is 869. The zero-order valence-corrected chi connectivity index (χ0v) is 12.8. The van der Waals surface area contributed by atoms with Crippen molar-refractivity contribution in [1.82, 2.24) is 4.57 Å². The van der Waals surface area contributed by atoms with E-state index in [1.54, 1.807) is 54.3 Å². The summed E-state index contributed by atoms with van der Waals surface area (Å²) in [6.07, 6.45) is 1.72. The number of aromatic hydroxyl groups is 1. The van der Waals surface area contributed by atoms with Crippen molar-refractivity contribution in [2.75, 3.05) is 7.11 Å². The Hall–Kier alpha value is -2.27. The summed E-state index contributed by atoms with van der Waals surface area (Å²) in [5.74, 6) is 0.862. The van der Waals surface area contributed by atoms with Gasteiger partial charge >= 0.3 is 0 Å². The number of methoxy groups -OCH3 is 1. The number of hydrogen-bond acceptors (Lipinski definition) is 3. The highest BCUT2D eigenvalue weighted by atomic mass is 79.9. The van der Waals surface area contributed by atoms with Gasteiger partial charge in [0.15, 0.2) is 0 Å². The first-order valence-corrected chi connectivity index (χ1v) is 7.08. The number of pyridine rings is 1. The lowest BCUT2D eigenvalue weighted by molar-refractivity contribution is 0.415. The third-order valence-electron chi connectivity index (χ3n) is 3.30. The maximum atomic E-state index is 12.6. The van der Waals surface area contributed by atoms with Crippen LogP contribution in [0.3, 0.4) is 0 Å². The Morgan fingerprint density at radius 1 is 1.10 bits per heavy atom. The highest BCUT2D eigenvalue weighted by molar-refractivity contribution is 9.10. The second kappa shape index (κ2) is 5.26. The number of hydrogen-bond donors (Lipinski definition) is 1. The van der Waals surface area contributed by atoms with Crippen LogP contribution in [0, 0.1) is 0 Å². The molecule has 5 heteroatoms. The first-order valence-electron chi connectivity index (χ1n) is 6.28. The molecule has 0 aliphatic rings. The van der Waals surface area contributed by atoms with Crippen molar-refractivity contribution in [3.63, 3.8) is 0 Å². The normalized spacial score (nSPS) is 10.8. The molecule has 3 rings (SSSR count). The van der Waals surface area contributed by atoms with Crippen LogP contribution < -0.4 is 10.3 Å². The van der Waals surface area contributed by atoms with Crippen molar-refractivity contribution in [2.45, 2.75) is 0 Å². The predicted octanol–water partition coefficient (Wildman–Crippen LogP) is 3.47. The quantitative estimate of drug-likeness (QED) is 0.773. The fourth-order valence-electron chi connectivity index (χ4n) is 2.21. The molecule has 0 amide bonds. The van der Waals surface area contributed by atoms with Crippen LogP contribution in [0.4, 0.5) is 0 Å². The molecule has 0 radical (unpaired) electrons. The van der Waals surface area contributed by atoms with E-state index in [1.165, 1.54) is 0 Å². The molecule has 1 aromatic heterocycles. The summed E-state index contributed by atoms with van der Waals surface area (Å²) < 4.78 is 7.52. The maximum absolute atomic E-state index is 12.6. The highest BCUT2D eigenvalue weighted by Gasteiger charge is 2.09. The van der Waals surface area contributed by atoms with Gasteiger partial charge < -0.3 is 9.84 Å². The fraction of sp³-hybridized carbons (Fsp3) is 0.0625. The first kappa shape index (κ1) is 13.7. The summed E-state index contributed by atoms with van der Waals surface area (Å²) in [6, 6.07) is 11.8. The zero-order valence-electron chi connectivity index (χ0n) is 11.2. The summed E-state index contributed by atoms with van der Waals surface area (Å²) in [5, 5.41) is 10.7. The average Bonchev–Trinajstić information content (AvgIpc) is 2.51. The van der Waals surface area contributed by atoms with Crippen molar-refractivity contribution in [3.05, 3.63) is 63.5 Å². The molecule has 0 saturated carbocycles. The average molecular weight is 346 g/mol. The summed E-state index contributed by atoms with van der Waals surface area (Å²) in [4.78, 5) is 12.6. The van der Waals surface area contributed by atoms with Crippen LogP contribution in [0.5, 0.6) is 11.5 Å². The minimum absolute atomic E-state index is 0.124. The van der Waals surface area contributed by atoms with Gasteiger partial charge in [-0.2, -0.15) is 0 Å². The van der Waals surface area contributed by atoms with E-state index in [1.807, 2.05) is 6.07 Å². The van der Waals surface area contributed by atoms with Crippen LogP contribution in [-0.4, -0.2) is 16.8 Å². The van der Waals surface area contributed by atoms with E-state index >= 15 is 0 Å². The predicted molar refractivity (Wildman–Crippen MR) is 85.5 cm³/mol. The minimum atomic E-state index is -0.124. The number of halogens is 1. The Balaban J connectivity index is 2.29. The summed E-state index contributed by atoms with van der Waals surface area (Å²) in [7, 11) is 1.59. The monoisotopic (exact) mass is 345 g/mol. The largest absolute Gasteiger partial charge is 0.508 e. The first-order chi connectivity index (χ1) is 10.1. The summed E-state index contributed by atoms with van der Waals surface area (Å²) in [6.45, 7) is 0. The molecule has 0 saturated heterocycles. The van der Waals surface area contributed by atoms with E-state index in [0.717, 1.165) is 9.86 Å². The van der Waals surface area contributed by atoms with Crippen molar-refractivity contribution in [3.8, 4) is 17.2 Å². The number of ether oxygens (including phenoxy) is 1. The summed E-state index contributed by atoms with van der Waals surface area (Å²) in [5.41, 5.74) is 0.567. The molecule has 106 valence electrons. The number of phenols is 1. The van der Waals surface area contributed by atoms with E-state index in [0.29, 0.717) is 16.8 Å². The molecule has 0 bridgehead atoms. The van der Waals surface area contributed by atoms with Crippen molar-refractivity contribution >= 4 is 26.7 Å². The van der Waals surface area contributed by atoms with Crippen molar-refractivity contribution in [1.29, 1.82) is 0 Å². The Morgan fingerprint density at radius 2 is 1.81 bits per heavy atom. The molecular weight excluding hydrogens is 334 g/mol. The van der Waals surface area contributed by atoms with Gasteiger partial charge in [0.2, 0.25) is 0 Å². The Morgan fingerprint density at radius 3 is 2.48 bits per heavy atom. The van der Waals surface area contributed by atoms with E-state index in [9.17, 15) is 9.90 Å². The van der Waals surface area contributed by atoms with Gasteiger partial charge in [-0.05, 0) is 58.4 Å². The maximum Gasteiger partial charge on any atom is 0.263 e. The van der Waals surface area contributed by atoms with Gasteiger partial charge in [-0.15, -0.1) is 0 Å². The van der Waals surface area contributed by atoms with E-state index < -0.39 is 0 Å². The minimum Gasteiger partial charge on any atom is -0.508 e. The molecule has 0 unspecified atom stereocenters. The number of phenolic OH excluding ortho intramolecular Hbond substituents is 1. The van der Waals surface area contributed by atoms with Crippen LogP contribution in [0.25, 0.3) is 16.5 Å². The molecule has 0 aliphatic carbocycles. The standard InChI is InChI=1S/C16H12BrNO3/c1-21-12-6-7-13-14(8-12)15(17)9-18(16(13)20)10-2-4-11(19)5-3-10/h2-9,19H,1H3. The Labute approximate surface area is 129 Å². The van der Waals surface area contributed by atoms with Gasteiger partial charge in [-0.25, -0.2) is 0 Å².